The van der Waals surface area contributed by atoms with Gasteiger partial charge in [-0.15, -0.1) is 0 Å². The molecule has 0 fully saturated rings. The van der Waals surface area contributed by atoms with Crippen LogP contribution in [0.5, 0.6) is 0 Å². The van der Waals surface area contributed by atoms with E-state index in [2.05, 4.69) is 22.3 Å². The van der Waals surface area contributed by atoms with Crippen LogP contribution in [0.25, 0.3) is 0 Å². The van der Waals surface area contributed by atoms with Crippen molar-refractivity contribution in [2.45, 2.75) is 6.04 Å². The van der Waals surface area contributed by atoms with Gasteiger partial charge in [0.2, 0.25) is 0 Å². The standard InChI is InChI=1S/C17H19ClN2O/c1-20(2)16(13-8-4-3-5-9-13)12-19-17(21)14-10-6-7-11-15(14)18/h3-11,16H,12H2,1-2H3,(H,19,21)/t16-/m1/s1. The molecule has 1 N–H and O–H groups in total. The SMILES string of the molecule is CN(C)[C@H](CNC(=O)c1ccccc1Cl)c1ccccc1. The molecule has 4 heteroatoms. The molecule has 0 aliphatic carbocycles. The van der Waals surface area contributed by atoms with Crippen molar-refractivity contribution in [3.63, 3.8) is 0 Å². The lowest BCUT2D eigenvalue weighted by Crippen LogP contribution is -2.34. The van der Waals surface area contributed by atoms with Gasteiger partial charge in [0.1, 0.15) is 0 Å². The Morgan fingerprint density at radius 2 is 1.71 bits per heavy atom. The van der Waals surface area contributed by atoms with E-state index in [1.807, 2.05) is 38.4 Å². The van der Waals surface area contributed by atoms with Gasteiger partial charge in [-0.05, 0) is 31.8 Å². The number of nitrogens with zero attached hydrogens (tertiary/aromatic N) is 1. The third kappa shape index (κ3) is 4.06. The van der Waals surface area contributed by atoms with Crippen LogP contribution in [0.1, 0.15) is 22.0 Å². The first-order valence-electron chi connectivity index (χ1n) is 6.83. The van der Waals surface area contributed by atoms with Crippen LogP contribution in [0.4, 0.5) is 0 Å². The van der Waals surface area contributed by atoms with E-state index < -0.39 is 0 Å². The Morgan fingerprint density at radius 3 is 2.33 bits per heavy atom. The molecule has 2 aromatic rings. The zero-order chi connectivity index (χ0) is 15.2. The molecule has 1 amide bonds. The minimum Gasteiger partial charge on any atom is -0.350 e. The van der Waals surface area contributed by atoms with Crippen molar-refractivity contribution in [3.05, 3.63) is 70.7 Å². The van der Waals surface area contributed by atoms with Crippen molar-refractivity contribution in [1.82, 2.24) is 10.2 Å². The van der Waals surface area contributed by atoms with Crippen molar-refractivity contribution >= 4 is 17.5 Å². The number of carbonyl (C=O) groups is 1. The molecule has 2 rings (SSSR count). The van der Waals surface area contributed by atoms with Gasteiger partial charge in [-0.3, -0.25) is 4.79 Å². The molecule has 0 aliphatic heterocycles. The lowest BCUT2D eigenvalue weighted by Gasteiger charge is -2.25. The van der Waals surface area contributed by atoms with E-state index in [9.17, 15) is 4.79 Å². The predicted molar refractivity (Wildman–Crippen MR) is 86.7 cm³/mol. The molecule has 0 aliphatic rings. The van der Waals surface area contributed by atoms with Crippen molar-refractivity contribution < 1.29 is 4.79 Å². The highest BCUT2D eigenvalue weighted by molar-refractivity contribution is 6.33. The minimum absolute atomic E-state index is 0.123. The number of benzene rings is 2. The highest BCUT2D eigenvalue weighted by Crippen LogP contribution is 2.18. The van der Waals surface area contributed by atoms with Gasteiger partial charge in [0.25, 0.3) is 5.91 Å². The van der Waals surface area contributed by atoms with E-state index in [0.717, 1.165) is 0 Å². The second-order valence-corrected chi connectivity index (χ2v) is 5.49. The highest BCUT2D eigenvalue weighted by Gasteiger charge is 2.16. The number of carbonyl (C=O) groups excluding carboxylic acids is 1. The first kappa shape index (κ1) is 15.5. The molecule has 110 valence electrons. The van der Waals surface area contributed by atoms with Crippen molar-refractivity contribution in [2.24, 2.45) is 0 Å². The van der Waals surface area contributed by atoms with Crippen LogP contribution in [0.2, 0.25) is 5.02 Å². The fourth-order valence-corrected chi connectivity index (χ4v) is 2.43. The predicted octanol–water partition coefficient (Wildman–Crippen LogP) is 3.37. The summed E-state index contributed by atoms with van der Waals surface area (Å²) in [6.45, 7) is 0.529. The summed E-state index contributed by atoms with van der Waals surface area (Å²) < 4.78 is 0. The van der Waals surface area contributed by atoms with E-state index in [1.165, 1.54) is 5.56 Å². The van der Waals surface area contributed by atoms with Crippen LogP contribution in [-0.4, -0.2) is 31.4 Å². The lowest BCUT2D eigenvalue weighted by atomic mass is 10.1. The van der Waals surface area contributed by atoms with Crippen LogP contribution >= 0.6 is 11.6 Å². The molecule has 0 unspecified atom stereocenters. The summed E-state index contributed by atoms with van der Waals surface area (Å²) in [5.74, 6) is -0.150. The molecule has 21 heavy (non-hydrogen) atoms. The van der Waals surface area contributed by atoms with Crippen LogP contribution in [0.3, 0.4) is 0 Å². The molecular weight excluding hydrogens is 284 g/mol. The largest absolute Gasteiger partial charge is 0.350 e. The lowest BCUT2D eigenvalue weighted by molar-refractivity contribution is 0.0942. The fraction of sp³-hybridized carbons (Fsp3) is 0.235. The molecule has 0 radical (unpaired) electrons. The summed E-state index contributed by atoms with van der Waals surface area (Å²) in [6.07, 6.45) is 0. The number of likely N-dealkylation sites (N-methyl/N-ethyl adjacent to an activating group) is 1. The van der Waals surface area contributed by atoms with E-state index in [4.69, 9.17) is 11.6 Å². The summed E-state index contributed by atoms with van der Waals surface area (Å²) in [5.41, 5.74) is 1.67. The molecule has 0 spiro atoms. The highest BCUT2D eigenvalue weighted by atomic mass is 35.5. The first-order chi connectivity index (χ1) is 10.1. The number of halogens is 1. The molecule has 0 saturated carbocycles. The zero-order valence-corrected chi connectivity index (χ0v) is 13.0. The normalized spacial score (nSPS) is 12.2. The van der Waals surface area contributed by atoms with Crippen LogP contribution in [0.15, 0.2) is 54.6 Å². The fourth-order valence-electron chi connectivity index (χ4n) is 2.20. The topological polar surface area (TPSA) is 32.3 Å². The molecule has 0 aromatic heterocycles. The van der Waals surface area contributed by atoms with Crippen molar-refractivity contribution in [3.8, 4) is 0 Å². The number of amides is 1. The molecule has 0 saturated heterocycles. The summed E-state index contributed by atoms with van der Waals surface area (Å²) in [6, 6.07) is 17.3. The number of nitrogens with one attached hydrogen (secondary N) is 1. The quantitative estimate of drug-likeness (QED) is 0.918. The van der Waals surface area contributed by atoms with Gasteiger partial charge >= 0.3 is 0 Å². The monoisotopic (exact) mass is 302 g/mol. The maximum atomic E-state index is 12.2. The van der Waals surface area contributed by atoms with Gasteiger partial charge in [0, 0.05) is 6.54 Å². The molecule has 1 atom stereocenters. The van der Waals surface area contributed by atoms with Gasteiger partial charge in [0.05, 0.1) is 16.6 Å². The summed E-state index contributed by atoms with van der Waals surface area (Å²) in [5, 5.41) is 3.42. The average Bonchev–Trinajstić information content (AvgIpc) is 2.48. The summed E-state index contributed by atoms with van der Waals surface area (Å²) >= 11 is 6.04. The van der Waals surface area contributed by atoms with E-state index >= 15 is 0 Å². The van der Waals surface area contributed by atoms with Crippen molar-refractivity contribution in [2.75, 3.05) is 20.6 Å². The Labute approximate surface area is 130 Å². The van der Waals surface area contributed by atoms with Gasteiger partial charge in [0.15, 0.2) is 0 Å². The Morgan fingerprint density at radius 1 is 1.10 bits per heavy atom. The Kier molecular flexibility index (Phi) is 5.37. The Bertz CT molecular complexity index is 599. The van der Waals surface area contributed by atoms with E-state index in [-0.39, 0.29) is 11.9 Å². The van der Waals surface area contributed by atoms with Gasteiger partial charge in [-0.1, -0.05) is 54.1 Å². The molecule has 3 nitrogen and oxygen atoms in total. The Balaban J connectivity index is 2.06. The average molecular weight is 303 g/mol. The van der Waals surface area contributed by atoms with Gasteiger partial charge in [-0.2, -0.15) is 0 Å². The van der Waals surface area contributed by atoms with Crippen LogP contribution < -0.4 is 5.32 Å². The second-order valence-electron chi connectivity index (χ2n) is 5.08. The summed E-state index contributed by atoms with van der Waals surface area (Å²) in [4.78, 5) is 14.3. The zero-order valence-electron chi connectivity index (χ0n) is 12.2. The molecule has 0 bridgehead atoms. The number of hydrogen-bond donors (Lipinski definition) is 1. The van der Waals surface area contributed by atoms with Crippen molar-refractivity contribution in [1.29, 1.82) is 0 Å². The molecular formula is C17H19ClN2O. The number of hydrogen-bond acceptors (Lipinski definition) is 2. The van der Waals surface area contributed by atoms with Gasteiger partial charge in [-0.25, -0.2) is 0 Å². The smallest absolute Gasteiger partial charge is 0.252 e. The molecule has 2 aromatic carbocycles. The maximum Gasteiger partial charge on any atom is 0.252 e. The minimum atomic E-state index is -0.150. The molecule has 0 heterocycles. The number of rotatable bonds is 5. The first-order valence-corrected chi connectivity index (χ1v) is 7.21. The second kappa shape index (κ2) is 7.25. The van der Waals surface area contributed by atoms with E-state index in [1.54, 1.807) is 18.2 Å². The van der Waals surface area contributed by atoms with Crippen LogP contribution in [-0.2, 0) is 0 Å². The summed E-state index contributed by atoms with van der Waals surface area (Å²) in [7, 11) is 4.00. The van der Waals surface area contributed by atoms with E-state index in [0.29, 0.717) is 17.1 Å². The third-order valence-corrected chi connectivity index (χ3v) is 3.71. The maximum absolute atomic E-state index is 12.2. The van der Waals surface area contributed by atoms with Gasteiger partial charge < -0.3 is 10.2 Å². The van der Waals surface area contributed by atoms with Crippen LogP contribution in [0, 0.1) is 0 Å². The Hall–Kier alpha value is -1.84. The third-order valence-electron chi connectivity index (χ3n) is 3.38.